The molecule has 1 atom stereocenters. The van der Waals surface area contributed by atoms with Gasteiger partial charge in [-0.15, -0.1) is 0 Å². The van der Waals surface area contributed by atoms with E-state index in [-0.39, 0.29) is 30.3 Å². The minimum atomic E-state index is -0.803. The van der Waals surface area contributed by atoms with Gasteiger partial charge in [-0.05, 0) is 44.1 Å². The van der Waals surface area contributed by atoms with Gasteiger partial charge >= 0.3 is 5.97 Å². The monoisotopic (exact) mass is 396 g/mol. The lowest BCUT2D eigenvalue weighted by molar-refractivity contribution is -0.141. The lowest BCUT2D eigenvalue weighted by Crippen LogP contribution is -2.41. The van der Waals surface area contributed by atoms with E-state index in [4.69, 9.17) is 9.73 Å². The van der Waals surface area contributed by atoms with Crippen molar-refractivity contribution < 1.29 is 14.3 Å². The van der Waals surface area contributed by atoms with Crippen LogP contribution in [0.25, 0.3) is 0 Å². The van der Waals surface area contributed by atoms with Gasteiger partial charge in [0.25, 0.3) is 5.91 Å². The Bertz CT molecular complexity index is 820. The van der Waals surface area contributed by atoms with Crippen molar-refractivity contribution in [1.29, 1.82) is 0 Å². The fourth-order valence-electron chi connectivity index (χ4n) is 4.06. The molecule has 0 aromatic heterocycles. The maximum atomic E-state index is 13.1. The van der Waals surface area contributed by atoms with Crippen LogP contribution in [0.15, 0.2) is 46.5 Å². The number of amidine groups is 1. The normalized spacial score (nSPS) is 23.5. The minimum absolute atomic E-state index is 0.0657. The van der Waals surface area contributed by atoms with E-state index in [0.29, 0.717) is 11.4 Å². The van der Waals surface area contributed by atoms with Crippen LogP contribution in [0.5, 0.6) is 0 Å². The maximum Gasteiger partial charge on any atom is 0.335 e. The molecule has 1 fully saturated rings. The zero-order valence-electron chi connectivity index (χ0n) is 18.0. The second kappa shape index (κ2) is 8.93. The number of carbonyl (C=O) groups is 2. The number of nitrogens with one attached hydrogen (secondary N) is 1. The fourth-order valence-corrected chi connectivity index (χ4v) is 4.06. The molecular formula is C24H32N2O3. The summed E-state index contributed by atoms with van der Waals surface area (Å²) in [5.41, 5.74) is 1.57. The minimum Gasteiger partial charge on any atom is -0.457 e. The van der Waals surface area contributed by atoms with Crippen molar-refractivity contribution in [3.8, 4) is 0 Å². The molecule has 3 rings (SSSR count). The Balaban J connectivity index is 1.90. The van der Waals surface area contributed by atoms with Crippen LogP contribution >= 0.6 is 0 Å². The summed E-state index contributed by atoms with van der Waals surface area (Å²) < 4.78 is 5.69. The van der Waals surface area contributed by atoms with Gasteiger partial charge in [0, 0.05) is 11.1 Å². The first-order chi connectivity index (χ1) is 13.8. The summed E-state index contributed by atoms with van der Waals surface area (Å²) in [6.07, 6.45) is 5.35. The molecule has 0 radical (unpaired) electrons. The molecule has 5 heteroatoms. The predicted molar refractivity (Wildman–Crippen MR) is 114 cm³/mol. The average Bonchev–Trinajstić information content (AvgIpc) is 3.04. The predicted octanol–water partition coefficient (Wildman–Crippen LogP) is 4.57. The molecule has 1 aliphatic heterocycles. The van der Waals surface area contributed by atoms with Crippen molar-refractivity contribution in [3.05, 3.63) is 47.0 Å². The quantitative estimate of drug-likeness (QED) is 0.566. The molecule has 156 valence electrons. The Morgan fingerprint density at radius 2 is 1.86 bits per heavy atom. The third-order valence-corrected chi connectivity index (χ3v) is 6.37. The number of aliphatic imine (C=N–C) groups is 1. The van der Waals surface area contributed by atoms with Crippen molar-refractivity contribution in [2.75, 3.05) is 0 Å². The second-order valence-corrected chi connectivity index (χ2v) is 8.65. The van der Waals surface area contributed by atoms with Gasteiger partial charge in [-0.2, -0.15) is 0 Å². The van der Waals surface area contributed by atoms with Gasteiger partial charge in [-0.25, -0.2) is 4.79 Å². The molecular weight excluding hydrogens is 364 g/mol. The highest BCUT2D eigenvalue weighted by atomic mass is 16.5. The molecule has 29 heavy (non-hydrogen) atoms. The van der Waals surface area contributed by atoms with Crippen LogP contribution in [0.3, 0.4) is 0 Å². The summed E-state index contributed by atoms with van der Waals surface area (Å²) in [7, 11) is 0. The van der Waals surface area contributed by atoms with Crippen LogP contribution in [0.4, 0.5) is 0 Å². The number of rotatable bonds is 6. The van der Waals surface area contributed by atoms with Gasteiger partial charge in [0.05, 0.1) is 0 Å². The van der Waals surface area contributed by atoms with E-state index in [9.17, 15) is 9.59 Å². The summed E-state index contributed by atoms with van der Waals surface area (Å²) in [4.78, 5) is 30.4. The van der Waals surface area contributed by atoms with Crippen LogP contribution in [-0.4, -0.2) is 23.3 Å². The van der Waals surface area contributed by atoms with Gasteiger partial charge in [0.2, 0.25) is 0 Å². The second-order valence-electron chi connectivity index (χ2n) is 8.65. The third kappa shape index (κ3) is 4.60. The molecule has 1 aliphatic carbocycles. The number of hydrogen-bond donors (Lipinski definition) is 1. The van der Waals surface area contributed by atoms with Crippen molar-refractivity contribution in [3.63, 3.8) is 0 Å². The largest absolute Gasteiger partial charge is 0.457 e. The highest BCUT2D eigenvalue weighted by molar-refractivity contribution is 6.17. The van der Waals surface area contributed by atoms with Crippen LogP contribution in [0, 0.1) is 11.8 Å². The molecule has 0 bridgehead atoms. The molecule has 1 N–H and O–H groups in total. The SMILES string of the molecule is C/C(C1=NC(C)(C(C)C)C(=O)N1)=C(/C(=O)OCc1ccccc1)C1CCCCC1. The van der Waals surface area contributed by atoms with E-state index < -0.39 is 5.54 Å². The molecule has 2 aliphatic rings. The van der Waals surface area contributed by atoms with Crippen molar-refractivity contribution >= 4 is 17.7 Å². The van der Waals surface area contributed by atoms with Gasteiger partial charge in [-0.1, -0.05) is 63.4 Å². The number of benzene rings is 1. The summed E-state index contributed by atoms with van der Waals surface area (Å²) in [5, 5.41) is 2.92. The lowest BCUT2D eigenvalue weighted by atomic mass is 9.81. The molecule has 1 unspecified atom stereocenters. The van der Waals surface area contributed by atoms with E-state index in [1.807, 2.05) is 58.0 Å². The lowest BCUT2D eigenvalue weighted by Gasteiger charge is -2.25. The molecule has 1 amide bonds. The first-order valence-electron chi connectivity index (χ1n) is 10.7. The first-order valence-corrected chi connectivity index (χ1v) is 10.7. The topological polar surface area (TPSA) is 67.8 Å². The van der Waals surface area contributed by atoms with E-state index >= 15 is 0 Å². The number of nitrogens with zero attached hydrogens (tertiary/aromatic N) is 1. The Labute approximate surface area is 173 Å². The number of ether oxygens (including phenoxy) is 1. The molecule has 0 spiro atoms. The average molecular weight is 397 g/mol. The highest BCUT2D eigenvalue weighted by Crippen LogP contribution is 2.34. The Morgan fingerprint density at radius 3 is 2.45 bits per heavy atom. The van der Waals surface area contributed by atoms with Crippen molar-refractivity contribution in [2.45, 2.75) is 71.9 Å². The zero-order valence-corrected chi connectivity index (χ0v) is 18.0. The number of carbonyl (C=O) groups excluding carboxylic acids is 2. The van der Waals surface area contributed by atoms with Crippen LogP contribution in [0.2, 0.25) is 0 Å². The standard InChI is InChI=1S/C24H32N2O3/c1-16(2)24(4)23(28)25-21(26-24)17(3)20(19-13-9-6-10-14-19)22(27)29-15-18-11-7-5-8-12-18/h5,7-8,11-12,16,19H,6,9-10,13-15H2,1-4H3,(H,25,26,28)/b20-17-. The van der Waals surface area contributed by atoms with Crippen LogP contribution in [0.1, 0.15) is 65.4 Å². The van der Waals surface area contributed by atoms with E-state index in [1.165, 1.54) is 6.42 Å². The number of hydrogen-bond acceptors (Lipinski definition) is 4. The van der Waals surface area contributed by atoms with Gasteiger partial charge in [-0.3, -0.25) is 9.79 Å². The van der Waals surface area contributed by atoms with Crippen molar-refractivity contribution in [1.82, 2.24) is 5.32 Å². The molecule has 1 aromatic carbocycles. The first kappa shape index (κ1) is 21.3. The van der Waals surface area contributed by atoms with Crippen LogP contribution < -0.4 is 5.32 Å². The number of esters is 1. The number of amides is 1. The fraction of sp³-hybridized carbons (Fsp3) is 0.542. The van der Waals surface area contributed by atoms with E-state index in [1.54, 1.807) is 0 Å². The summed E-state index contributed by atoms with van der Waals surface area (Å²) in [5.74, 6) is 0.327. The van der Waals surface area contributed by atoms with E-state index in [2.05, 4.69) is 5.32 Å². The van der Waals surface area contributed by atoms with Gasteiger partial charge in [0.15, 0.2) is 0 Å². The molecule has 1 saturated carbocycles. The zero-order chi connectivity index (χ0) is 21.0. The van der Waals surface area contributed by atoms with Crippen molar-refractivity contribution in [2.24, 2.45) is 16.8 Å². The Morgan fingerprint density at radius 1 is 1.21 bits per heavy atom. The molecule has 1 heterocycles. The molecule has 0 saturated heterocycles. The van der Waals surface area contributed by atoms with Gasteiger partial charge < -0.3 is 10.1 Å². The van der Waals surface area contributed by atoms with E-state index in [0.717, 1.165) is 36.8 Å². The summed E-state index contributed by atoms with van der Waals surface area (Å²) in [6.45, 7) is 7.95. The molecule has 5 nitrogen and oxygen atoms in total. The summed E-state index contributed by atoms with van der Waals surface area (Å²) in [6, 6.07) is 9.69. The molecule has 1 aromatic rings. The third-order valence-electron chi connectivity index (χ3n) is 6.37. The Hall–Kier alpha value is -2.43. The summed E-state index contributed by atoms with van der Waals surface area (Å²) >= 11 is 0. The van der Waals surface area contributed by atoms with Gasteiger partial charge in [0.1, 0.15) is 18.0 Å². The highest BCUT2D eigenvalue weighted by Gasteiger charge is 2.43. The maximum absolute atomic E-state index is 13.1. The Kier molecular flexibility index (Phi) is 6.56. The van der Waals surface area contributed by atoms with Crippen LogP contribution in [-0.2, 0) is 20.9 Å². The smallest absolute Gasteiger partial charge is 0.335 e.